The summed E-state index contributed by atoms with van der Waals surface area (Å²) in [4.78, 5) is 16.8. The standard InChI is InChI=1S/C15H27N3O3/c19-15(9-14-12-21-8-2-16-14)18-5-3-17(4-6-18)10-13-1-7-20-11-13/h13-14,16H,1-12H2. The van der Waals surface area contributed by atoms with Gasteiger partial charge in [-0.05, 0) is 12.3 Å². The molecule has 0 aromatic carbocycles. The smallest absolute Gasteiger partial charge is 0.224 e. The summed E-state index contributed by atoms with van der Waals surface area (Å²) in [6.07, 6.45) is 1.75. The zero-order chi connectivity index (χ0) is 14.5. The van der Waals surface area contributed by atoms with Crippen molar-refractivity contribution in [3.63, 3.8) is 0 Å². The molecule has 6 heteroatoms. The average Bonchev–Trinajstić information content (AvgIpc) is 3.02. The first kappa shape index (κ1) is 15.2. The highest BCUT2D eigenvalue weighted by atomic mass is 16.5. The number of hydrogen-bond acceptors (Lipinski definition) is 5. The van der Waals surface area contributed by atoms with E-state index in [4.69, 9.17) is 9.47 Å². The Kier molecular flexibility index (Phi) is 5.46. The number of rotatable bonds is 4. The van der Waals surface area contributed by atoms with Crippen LogP contribution in [0.25, 0.3) is 0 Å². The van der Waals surface area contributed by atoms with E-state index in [1.807, 2.05) is 4.90 Å². The average molecular weight is 297 g/mol. The Morgan fingerprint density at radius 1 is 1.10 bits per heavy atom. The summed E-state index contributed by atoms with van der Waals surface area (Å²) in [5.74, 6) is 0.956. The quantitative estimate of drug-likeness (QED) is 0.761. The second kappa shape index (κ2) is 7.54. The maximum absolute atomic E-state index is 12.3. The number of amides is 1. The summed E-state index contributed by atoms with van der Waals surface area (Å²) in [5, 5.41) is 3.35. The molecule has 2 unspecified atom stereocenters. The zero-order valence-electron chi connectivity index (χ0n) is 12.8. The molecule has 0 aromatic rings. The van der Waals surface area contributed by atoms with Gasteiger partial charge in [-0.1, -0.05) is 0 Å². The van der Waals surface area contributed by atoms with Gasteiger partial charge in [0, 0.05) is 58.3 Å². The molecule has 0 aromatic heterocycles. The maximum atomic E-state index is 12.3. The molecule has 6 nitrogen and oxygen atoms in total. The summed E-state index contributed by atoms with van der Waals surface area (Å²) in [7, 11) is 0. The lowest BCUT2D eigenvalue weighted by Gasteiger charge is -2.36. The van der Waals surface area contributed by atoms with E-state index >= 15 is 0 Å². The van der Waals surface area contributed by atoms with Gasteiger partial charge in [-0.15, -0.1) is 0 Å². The lowest BCUT2D eigenvalue weighted by Crippen LogP contribution is -2.52. The monoisotopic (exact) mass is 297 g/mol. The molecule has 0 bridgehead atoms. The fraction of sp³-hybridized carbons (Fsp3) is 0.933. The van der Waals surface area contributed by atoms with Crippen LogP contribution >= 0.6 is 0 Å². The van der Waals surface area contributed by atoms with Crippen molar-refractivity contribution in [3.8, 4) is 0 Å². The first-order valence-electron chi connectivity index (χ1n) is 8.20. The van der Waals surface area contributed by atoms with Gasteiger partial charge in [-0.2, -0.15) is 0 Å². The molecule has 3 heterocycles. The van der Waals surface area contributed by atoms with Gasteiger partial charge in [0.2, 0.25) is 5.91 Å². The van der Waals surface area contributed by atoms with Gasteiger partial charge >= 0.3 is 0 Å². The Hall–Kier alpha value is -0.690. The Morgan fingerprint density at radius 2 is 1.90 bits per heavy atom. The van der Waals surface area contributed by atoms with Crippen molar-refractivity contribution in [1.29, 1.82) is 0 Å². The van der Waals surface area contributed by atoms with Gasteiger partial charge in [0.15, 0.2) is 0 Å². The van der Waals surface area contributed by atoms with Crippen molar-refractivity contribution >= 4 is 5.91 Å². The molecule has 3 rings (SSSR count). The van der Waals surface area contributed by atoms with Crippen molar-refractivity contribution in [2.24, 2.45) is 5.92 Å². The molecule has 2 atom stereocenters. The molecule has 1 N–H and O–H groups in total. The van der Waals surface area contributed by atoms with E-state index in [1.165, 1.54) is 6.42 Å². The SMILES string of the molecule is O=C(CC1COCCN1)N1CCN(CC2CCOC2)CC1. The van der Waals surface area contributed by atoms with Crippen LogP contribution in [-0.2, 0) is 14.3 Å². The number of hydrogen-bond donors (Lipinski definition) is 1. The van der Waals surface area contributed by atoms with Crippen LogP contribution in [0.15, 0.2) is 0 Å². The first-order chi connectivity index (χ1) is 10.3. The minimum absolute atomic E-state index is 0.194. The minimum atomic E-state index is 0.194. The summed E-state index contributed by atoms with van der Waals surface area (Å²) >= 11 is 0. The van der Waals surface area contributed by atoms with E-state index in [2.05, 4.69) is 10.2 Å². The van der Waals surface area contributed by atoms with Crippen LogP contribution in [-0.4, -0.2) is 87.4 Å². The number of piperazine rings is 1. The predicted octanol–water partition coefficient (Wildman–Crippen LogP) is -0.454. The first-order valence-corrected chi connectivity index (χ1v) is 8.20. The summed E-state index contributed by atoms with van der Waals surface area (Å²) < 4.78 is 10.8. The summed E-state index contributed by atoms with van der Waals surface area (Å²) in [6.45, 7) is 8.94. The normalized spacial score (nSPS) is 31.5. The lowest BCUT2D eigenvalue weighted by atomic mass is 10.1. The molecule has 3 aliphatic rings. The van der Waals surface area contributed by atoms with Crippen LogP contribution in [0.1, 0.15) is 12.8 Å². The van der Waals surface area contributed by atoms with Gasteiger partial charge < -0.3 is 19.7 Å². The van der Waals surface area contributed by atoms with Crippen molar-refractivity contribution in [1.82, 2.24) is 15.1 Å². The third-order valence-electron chi connectivity index (χ3n) is 4.68. The number of ether oxygens (including phenoxy) is 2. The van der Waals surface area contributed by atoms with Crippen molar-refractivity contribution in [2.45, 2.75) is 18.9 Å². The highest BCUT2D eigenvalue weighted by molar-refractivity contribution is 5.77. The Bertz CT molecular complexity index is 333. The van der Waals surface area contributed by atoms with Crippen LogP contribution in [0, 0.1) is 5.92 Å². The third-order valence-corrected chi connectivity index (χ3v) is 4.68. The minimum Gasteiger partial charge on any atom is -0.381 e. The largest absolute Gasteiger partial charge is 0.381 e. The molecule has 120 valence electrons. The molecule has 0 saturated carbocycles. The molecular weight excluding hydrogens is 270 g/mol. The van der Waals surface area contributed by atoms with E-state index in [-0.39, 0.29) is 11.9 Å². The maximum Gasteiger partial charge on any atom is 0.224 e. The number of nitrogens with zero attached hydrogens (tertiary/aromatic N) is 2. The van der Waals surface area contributed by atoms with Gasteiger partial charge in [-0.25, -0.2) is 0 Å². The van der Waals surface area contributed by atoms with Crippen LogP contribution < -0.4 is 5.32 Å². The number of nitrogens with one attached hydrogen (secondary N) is 1. The molecule has 0 radical (unpaired) electrons. The molecule has 3 saturated heterocycles. The summed E-state index contributed by atoms with van der Waals surface area (Å²) in [5.41, 5.74) is 0. The van der Waals surface area contributed by atoms with E-state index in [0.29, 0.717) is 18.9 Å². The van der Waals surface area contributed by atoms with Crippen molar-refractivity contribution in [2.75, 3.05) is 65.7 Å². The van der Waals surface area contributed by atoms with Gasteiger partial charge in [-0.3, -0.25) is 9.69 Å². The molecule has 1 amide bonds. The number of carbonyl (C=O) groups is 1. The highest BCUT2D eigenvalue weighted by Crippen LogP contribution is 2.15. The second-order valence-corrected chi connectivity index (χ2v) is 6.34. The molecule has 0 aliphatic carbocycles. The zero-order valence-corrected chi connectivity index (χ0v) is 12.8. The number of morpholine rings is 1. The van der Waals surface area contributed by atoms with Crippen molar-refractivity contribution < 1.29 is 14.3 Å². The van der Waals surface area contributed by atoms with Crippen molar-refractivity contribution in [3.05, 3.63) is 0 Å². The third kappa shape index (κ3) is 4.39. The molecule has 0 spiro atoms. The topological polar surface area (TPSA) is 54.0 Å². The number of carbonyl (C=O) groups excluding carboxylic acids is 1. The molecule has 3 fully saturated rings. The van der Waals surface area contributed by atoms with Gasteiger partial charge in [0.1, 0.15) is 0 Å². The fourth-order valence-corrected chi connectivity index (χ4v) is 3.36. The molecular formula is C15H27N3O3. The van der Waals surface area contributed by atoms with Gasteiger partial charge in [0.05, 0.1) is 19.8 Å². The van der Waals surface area contributed by atoms with Gasteiger partial charge in [0.25, 0.3) is 0 Å². The lowest BCUT2D eigenvalue weighted by molar-refractivity contribution is -0.134. The highest BCUT2D eigenvalue weighted by Gasteiger charge is 2.26. The van der Waals surface area contributed by atoms with E-state index in [9.17, 15) is 4.79 Å². The fourth-order valence-electron chi connectivity index (χ4n) is 3.36. The van der Waals surface area contributed by atoms with Crippen LogP contribution in [0.3, 0.4) is 0 Å². The molecule has 21 heavy (non-hydrogen) atoms. The predicted molar refractivity (Wildman–Crippen MR) is 79.2 cm³/mol. The molecule has 3 aliphatic heterocycles. The Morgan fingerprint density at radius 3 is 2.57 bits per heavy atom. The van der Waals surface area contributed by atoms with E-state index in [1.54, 1.807) is 0 Å². The van der Waals surface area contributed by atoms with E-state index in [0.717, 1.165) is 59.1 Å². The van der Waals surface area contributed by atoms with Crippen LogP contribution in [0.2, 0.25) is 0 Å². The van der Waals surface area contributed by atoms with E-state index < -0.39 is 0 Å². The Labute approximate surface area is 126 Å². The Balaban J connectivity index is 1.37. The van der Waals surface area contributed by atoms with Crippen LogP contribution in [0.5, 0.6) is 0 Å². The summed E-state index contributed by atoms with van der Waals surface area (Å²) in [6, 6.07) is 0.194. The second-order valence-electron chi connectivity index (χ2n) is 6.34. The van der Waals surface area contributed by atoms with Crippen LogP contribution in [0.4, 0.5) is 0 Å².